The molecule has 4 rings (SSSR count). The Labute approximate surface area is 198 Å². The summed E-state index contributed by atoms with van der Waals surface area (Å²) in [6.07, 6.45) is 6.13. The van der Waals surface area contributed by atoms with Gasteiger partial charge in [0, 0.05) is 37.1 Å². The molecular formula is C25H28FN5OS. The van der Waals surface area contributed by atoms with Crippen molar-refractivity contribution in [3.63, 3.8) is 0 Å². The Morgan fingerprint density at radius 3 is 2.61 bits per heavy atom. The van der Waals surface area contributed by atoms with Gasteiger partial charge in [-0.1, -0.05) is 18.2 Å². The van der Waals surface area contributed by atoms with Gasteiger partial charge in [-0.3, -0.25) is 9.78 Å². The molecule has 1 aromatic carbocycles. The van der Waals surface area contributed by atoms with Crippen LogP contribution in [0.5, 0.6) is 0 Å². The predicted octanol–water partition coefficient (Wildman–Crippen LogP) is 4.78. The Kier molecular flexibility index (Phi) is 6.47. The first-order chi connectivity index (χ1) is 15.7. The Hall–Kier alpha value is -3.26. The van der Waals surface area contributed by atoms with Crippen LogP contribution in [0, 0.1) is 5.82 Å². The van der Waals surface area contributed by atoms with E-state index in [1.165, 1.54) is 6.07 Å². The molecule has 1 fully saturated rings. The summed E-state index contributed by atoms with van der Waals surface area (Å²) in [5.41, 5.74) is 2.08. The zero-order valence-corrected chi connectivity index (χ0v) is 19.8. The fraction of sp³-hybridized carbons (Fsp3) is 0.320. The summed E-state index contributed by atoms with van der Waals surface area (Å²) in [6.45, 7) is 6.83. The first-order valence-electron chi connectivity index (χ1n) is 10.9. The summed E-state index contributed by atoms with van der Waals surface area (Å²) >= 11 is 5.67. The molecule has 172 valence electrons. The highest BCUT2D eigenvalue weighted by Crippen LogP contribution is 2.39. The molecule has 8 heteroatoms. The van der Waals surface area contributed by atoms with Crippen molar-refractivity contribution < 1.29 is 9.18 Å². The van der Waals surface area contributed by atoms with Gasteiger partial charge in [-0.25, -0.2) is 4.39 Å². The number of nitrogens with zero attached hydrogens (tertiary/aromatic N) is 3. The van der Waals surface area contributed by atoms with Crippen molar-refractivity contribution in [3.05, 3.63) is 84.2 Å². The topological polar surface area (TPSA) is 62.2 Å². The highest BCUT2D eigenvalue weighted by Gasteiger charge is 2.40. The molecule has 2 N–H and O–H groups in total. The number of rotatable bonds is 6. The molecule has 33 heavy (non-hydrogen) atoms. The van der Waals surface area contributed by atoms with Crippen LogP contribution in [0.25, 0.3) is 0 Å². The van der Waals surface area contributed by atoms with E-state index >= 15 is 0 Å². The normalized spacial score (nSPS) is 18.3. The van der Waals surface area contributed by atoms with Crippen molar-refractivity contribution in [3.8, 4) is 0 Å². The second-order valence-electron chi connectivity index (χ2n) is 9.12. The number of anilines is 1. The van der Waals surface area contributed by atoms with Gasteiger partial charge >= 0.3 is 0 Å². The number of benzene rings is 1. The van der Waals surface area contributed by atoms with Gasteiger partial charge in [0.15, 0.2) is 5.11 Å². The smallest absolute Gasteiger partial charge is 0.226 e. The Morgan fingerprint density at radius 2 is 1.94 bits per heavy atom. The van der Waals surface area contributed by atoms with E-state index < -0.39 is 5.82 Å². The van der Waals surface area contributed by atoms with E-state index in [1.54, 1.807) is 24.4 Å². The summed E-state index contributed by atoms with van der Waals surface area (Å²) in [4.78, 5) is 19.1. The van der Waals surface area contributed by atoms with E-state index in [2.05, 4.69) is 59.4 Å². The Morgan fingerprint density at radius 1 is 1.18 bits per heavy atom. The van der Waals surface area contributed by atoms with E-state index in [1.807, 2.05) is 23.1 Å². The maximum absolute atomic E-state index is 13.9. The number of hydrogen-bond acceptors (Lipinski definition) is 3. The number of nitrogens with one attached hydrogen (secondary N) is 2. The van der Waals surface area contributed by atoms with Crippen molar-refractivity contribution in [2.45, 2.75) is 44.8 Å². The lowest BCUT2D eigenvalue weighted by molar-refractivity contribution is -0.116. The highest BCUT2D eigenvalue weighted by atomic mass is 32.1. The summed E-state index contributed by atoms with van der Waals surface area (Å²) in [6, 6.07) is 13.8. The number of amides is 1. The van der Waals surface area contributed by atoms with Gasteiger partial charge in [-0.2, -0.15) is 0 Å². The van der Waals surface area contributed by atoms with Gasteiger partial charge in [0.05, 0.1) is 23.5 Å². The van der Waals surface area contributed by atoms with Crippen molar-refractivity contribution in [1.29, 1.82) is 0 Å². The SMILES string of the molecule is CC(C)(C)n1ccc([C@@H]2[C@@H](c3ccccn3)NC(=S)N2CCC(=O)Nc2ccccc2F)c1. The average molecular weight is 466 g/mol. The molecule has 3 aromatic rings. The molecule has 0 radical (unpaired) electrons. The second-order valence-corrected chi connectivity index (χ2v) is 9.51. The van der Waals surface area contributed by atoms with Gasteiger partial charge < -0.3 is 20.1 Å². The Bertz CT molecular complexity index is 1140. The van der Waals surface area contributed by atoms with Crippen LogP contribution >= 0.6 is 12.2 Å². The zero-order chi connectivity index (χ0) is 23.6. The van der Waals surface area contributed by atoms with Crippen LogP contribution in [0.4, 0.5) is 10.1 Å². The van der Waals surface area contributed by atoms with Gasteiger partial charge in [0.1, 0.15) is 5.82 Å². The molecule has 1 saturated heterocycles. The van der Waals surface area contributed by atoms with Crippen molar-refractivity contribution in [2.75, 3.05) is 11.9 Å². The second kappa shape index (κ2) is 9.31. The summed E-state index contributed by atoms with van der Waals surface area (Å²) in [5, 5.41) is 6.61. The maximum atomic E-state index is 13.9. The van der Waals surface area contributed by atoms with E-state index in [0.29, 0.717) is 11.7 Å². The largest absolute Gasteiger partial charge is 0.352 e. The fourth-order valence-electron chi connectivity index (χ4n) is 4.01. The zero-order valence-electron chi connectivity index (χ0n) is 19.0. The molecule has 6 nitrogen and oxygen atoms in total. The van der Waals surface area contributed by atoms with E-state index in [9.17, 15) is 9.18 Å². The van der Waals surface area contributed by atoms with Crippen LogP contribution in [0.1, 0.15) is 50.5 Å². The molecule has 0 spiro atoms. The number of thiocarbonyl (C=S) groups is 1. The van der Waals surface area contributed by atoms with Gasteiger partial charge in [-0.15, -0.1) is 0 Å². The van der Waals surface area contributed by atoms with Gasteiger partial charge in [-0.05, 0) is 68.9 Å². The molecule has 3 heterocycles. The number of carbonyl (C=O) groups excluding carboxylic acids is 1. The van der Waals surface area contributed by atoms with Crippen molar-refractivity contribution in [2.24, 2.45) is 0 Å². The summed E-state index contributed by atoms with van der Waals surface area (Å²) in [7, 11) is 0. The van der Waals surface area contributed by atoms with Crippen LogP contribution in [-0.4, -0.2) is 32.0 Å². The predicted molar refractivity (Wildman–Crippen MR) is 131 cm³/mol. The molecule has 0 unspecified atom stereocenters. The number of aromatic nitrogens is 2. The first-order valence-corrected chi connectivity index (χ1v) is 11.4. The maximum Gasteiger partial charge on any atom is 0.226 e. The van der Waals surface area contributed by atoms with Crippen molar-refractivity contribution in [1.82, 2.24) is 19.8 Å². The monoisotopic (exact) mass is 465 g/mol. The fourth-order valence-corrected chi connectivity index (χ4v) is 4.34. The number of carbonyl (C=O) groups is 1. The molecule has 1 aliphatic heterocycles. The van der Waals surface area contributed by atoms with E-state index in [0.717, 1.165) is 11.3 Å². The van der Waals surface area contributed by atoms with Crippen molar-refractivity contribution >= 4 is 28.9 Å². The first kappa shape index (κ1) is 22.9. The third-order valence-electron chi connectivity index (χ3n) is 5.76. The molecule has 0 bridgehead atoms. The Balaban J connectivity index is 1.57. The standard InChI is InChI=1S/C25H28FN5OS/c1-25(2,3)30-14-11-17(16-30)23-22(20-10-6-7-13-27-20)29-24(33)31(23)15-12-21(32)28-19-9-5-4-8-18(19)26/h4-11,13-14,16,22-23H,12,15H2,1-3H3,(H,28,32)(H,29,33)/t22-,23-/m1/s1. The molecule has 0 saturated carbocycles. The van der Waals surface area contributed by atoms with Crippen LogP contribution in [-0.2, 0) is 10.3 Å². The molecule has 2 atom stereocenters. The average Bonchev–Trinajstić information content (AvgIpc) is 3.39. The van der Waals surface area contributed by atoms with Crippen LogP contribution in [0.3, 0.4) is 0 Å². The molecule has 2 aromatic heterocycles. The lowest BCUT2D eigenvalue weighted by Crippen LogP contribution is -2.32. The molecule has 1 amide bonds. The molecular weight excluding hydrogens is 437 g/mol. The van der Waals surface area contributed by atoms with Gasteiger partial charge in [0.25, 0.3) is 0 Å². The third kappa shape index (κ3) is 5.06. The van der Waals surface area contributed by atoms with Crippen LogP contribution in [0.15, 0.2) is 67.1 Å². The van der Waals surface area contributed by atoms with Crippen LogP contribution < -0.4 is 10.6 Å². The molecule has 1 aliphatic rings. The van der Waals surface area contributed by atoms with Gasteiger partial charge in [0.2, 0.25) is 5.91 Å². The number of para-hydroxylation sites is 1. The highest BCUT2D eigenvalue weighted by molar-refractivity contribution is 7.80. The van der Waals surface area contributed by atoms with Crippen LogP contribution in [0.2, 0.25) is 0 Å². The lowest BCUT2D eigenvalue weighted by Gasteiger charge is -2.27. The van der Waals surface area contributed by atoms with E-state index in [4.69, 9.17) is 12.2 Å². The minimum Gasteiger partial charge on any atom is -0.352 e. The quantitative estimate of drug-likeness (QED) is 0.513. The lowest BCUT2D eigenvalue weighted by atomic mass is 9.99. The minimum absolute atomic E-state index is 0.0598. The minimum atomic E-state index is -0.458. The summed E-state index contributed by atoms with van der Waals surface area (Å²) < 4.78 is 16.1. The molecule has 0 aliphatic carbocycles. The number of pyridine rings is 1. The third-order valence-corrected chi connectivity index (χ3v) is 6.11. The number of hydrogen-bond donors (Lipinski definition) is 2. The van der Waals surface area contributed by atoms with E-state index in [-0.39, 0.29) is 35.6 Å². The summed E-state index contributed by atoms with van der Waals surface area (Å²) in [5.74, 6) is -0.726. The number of halogens is 1.